The van der Waals surface area contributed by atoms with Crippen LogP contribution in [0.25, 0.3) is 11.7 Å². The van der Waals surface area contributed by atoms with E-state index in [9.17, 15) is 9.90 Å². The van der Waals surface area contributed by atoms with Crippen LogP contribution in [0.5, 0.6) is 5.88 Å². The number of imidazole rings is 1. The van der Waals surface area contributed by atoms with E-state index in [1.165, 1.54) is 0 Å². The summed E-state index contributed by atoms with van der Waals surface area (Å²) in [5.74, 6) is 0.340. The van der Waals surface area contributed by atoms with Gasteiger partial charge in [-0.25, -0.2) is 9.79 Å². The molecule has 154 valence electrons. The van der Waals surface area contributed by atoms with Gasteiger partial charge in [0.2, 0.25) is 11.8 Å². The lowest BCUT2D eigenvalue weighted by molar-refractivity contribution is 0.396. The molecular formula is C19H21N9O2. The SMILES string of the molecule is N#CC1CCC(Nc2nc(=NC3CC3)n3nc/c(=C/c4[nH]c(=O)[nH]c4O)c3n2)CC1. The molecule has 2 aliphatic rings. The van der Waals surface area contributed by atoms with Crippen LogP contribution in [0.4, 0.5) is 5.95 Å². The molecule has 11 nitrogen and oxygen atoms in total. The summed E-state index contributed by atoms with van der Waals surface area (Å²) in [6, 6.07) is 2.80. The number of anilines is 1. The first-order chi connectivity index (χ1) is 14.6. The van der Waals surface area contributed by atoms with Crippen LogP contribution in [0.15, 0.2) is 16.0 Å². The first-order valence-electron chi connectivity index (χ1n) is 10.1. The normalized spacial score (nSPS) is 23.0. The predicted octanol–water partition coefficient (Wildman–Crippen LogP) is -0.0486. The third-order valence-corrected chi connectivity index (χ3v) is 5.50. The molecule has 0 atom stereocenters. The van der Waals surface area contributed by atoms with Crippen LogP contribution in [0, 0.1) is 17.2 Å². The lowest BCUT2D eigenvalue weighted by atomic mass is 9.87. The van der Waals surface area contributed by atoms with Gasteiger partial charge in [-0.05, 0) is 44.6 Å². The van der Waals surface area contributed by atoms with Crippen molar-refractivity contribution in [3.05, 3.63) is 33.2 Å². The van der Waals surface area contributed by atoms with Gasteiger partial charge in [0.05, 0.1) is 18.3 Å². The minimum absolute atomic E-state index is 0.124. The number of rotatable bonds is 4. The third kappa shape index (κ3) is 3.63. The third-order valence-electron chi connectivity index (χ3n) is 5.50. The van der Waals surface area contributed by atoms with E-state index in [-0.39, 0.29) is 29.6 Å². The van der Waals surface area contributed by atoms with E-state index in [0.29, 0.717) is 22.4 Å². The van der Waals surface area contributed by atoms with Gasteiger partial charge in [-0.1, -0.05) is 0 Å². The Kier molecular flexibility index (Phi) is 4.46. The maximum atomic E-state index is 11.4. The second-order valence-electron chi connectivity index (χ2n) is 7.85. The lowest BCUT2D eigenvalue weighted by Crippen LogP contribution is -2.30. The lowest BCUT2D eigenvalue weighted by Gasteiger charge is -2.25. The van der Waals surface area contributed by atoms with Crippen molar-refractivity contribution in [2.75, 3.05) is 5.32 Å². The maximum absolute atomic E-state index is 11.4. The summed E-state index contributed by atoms with van der Waals surface area (Å²) in [7, 11) is 0. The molecule has 0 saturated heterocycles. The van der Waals surface area contributed by atoms with Gasteiger partial charge >= 0.3 is 5.69 Å². The Morgan fingerprint density at radius 3 is 2.70 bits per heavy atom. The largest absolute Gasteiger partial charge is 0.493 e. The zero-order valence-corrected chi connectivity index (χ0v) is 16.2. The average molecular weight is 407 g/mol. The molecule has 5 rings (SSSR count). The van der Waals surface area contributed by atoms with Gasteiger partial charge in [0.15, 0.2) is 5.65 Å². The van der Waals surface area contributed by atoms with E-state index in [1.807, 2.05) is 0 Å². The number of aromatic amines is 2. The highest BCUT2D eigenvalue weighted by atomic mass is 16.3. The number of nitrogens with zero attached hydrogens (tertiary/aromatic N) is 6. The Bertz CT molecular complexity index is 1300. The minimum atomic E-state index is -0.496. The quantitative estimate of drug-likeness (QED) is 0.471. The molecule has 2 fully saturated rings. The highest BCUT2D eigenvalue weighted by molar-refractivity contribution is 5.57. The van der Waals surface area contributed by atoms with Gasteiger partial charge in [-0.3, -0.25) is 4.98 Å². The van der Waals surface area contributed by atoms with E-state index in [1.54, 1.807) is 16.8 Å². The van der Waals surface area contributed by atoms with E-state index >= 15 is 0 Å². The van der Waals surface area contributed by atoms with Crippen LogP contribution in [0.1, 0.15) is 44.2 Å². The summed E-state index contributed by atoms with van der Waals surface area (Å²) in [5, 5.41) is 27.3. The zero-order chi connectivity index (χ0) is 20.7. The number of hydrogen-bond acceptors (Lipinski definition) is 8. The Labute approximate surface area is 170 Å². The van der Waals surface area contributed by atoms with Crippen molar-refractivity contribution in [1.29, 1.82) is 5.26 Å². The number of nitriles is 1. The predicted molar refractivity (Wildman–Crippen MR) is 106 cm³/mol. The first kappa shape index (κ1) is 18.4. The van der Waals surface area contributed by atoms with Crippen LogP contribution in [0.3, 0.4) is 0 Å². The molecule has 11 heteroatoms. The molecule has 0 radical (unpaired) electrons. The van der Waals surface area contributed by atoms with E-state index in [2.05, 4.69) is 41.4 Å². The van der Waals surface area contributed by atoms with Crippen LogP contribution in [0.2, 0.25) is 0 Å². The molecule has 0 bridgehead atoms. The van der Waals surface area contributed by atoms with Crippen molar-refractivity contribution in [3.63, 3.8) is 0 Å². The summed E-state index contributed by atoms with van der Waals surface area (Å²) in [4.78, 5) is 30.1. The van der Waals surface area contributed by atoms with Gasteiger partial charge < -0.3 is 15.4 Å². The molecule has 0 aromatic carbocycles. The van der Waals surface area contributed by atoms with Gasteiger partial charge in [-0.2, -0.15) is 24.8 Å². The molecule has 0 spiro atoms. The number of aromatic hydroxyl groups is 1. The first-order valence-corrected chi connectivity index (χ1v) is 10.1. The van der Waals surface area contributed by atoms with Gasteiger partial charge in [0.25, 0.3) is 5.62 Å². The van der Waals surface area contributed by atoms with E-state index in [0.717, 1.165) is 38.5 Å². The molecule has 2 saturated carbocycles. The molecule has 4 N–H and O–H groups in total. The van der Waals surface area contributed by atoms with Gasteiger partial charge in [-0.15, -0.1) is 0 Å². The second-order valence-corrected chi connectivity index (χ2v) is 7.85. The monoisotopic (exact) mass is 407 g/mol. The summed E-state index contributed by atoms with van der Waals surface area (Å²) in [6.07, 6.45) is 8.77. The van der Waals surface area contributed by atoms with Crippen molar-refractivity contribution < 1.29 is 5.11 Å². The van der Waals surface area contributed by atoms with E-state index < -0.39 is 5.69 Å². The fourth-order valence-electron chi connectivity index (χ4n) is 3.69. The highest BCUT2D eigenvalue weighted by Crippen LogP contribution is 2.25. The number of nitrogens with one attached hydrogen (secondary N) is 3. The summed E-state index contributed by atoms with van der Waals surface area (Å²) < 4.78 is 1.57. The van der Waals surface area contributed by atoms with Crippen LogP contribution in [-0.4, -0.2) is 46.7 Å². The zero-order valence-electron chi connectivity index (χ0n) is 16.2. The molecule has 0 amide bonds. The average Bonchev–Trinajstić information content (AvgIpc) is 3.37. The molecule has 0 unspecified atom stereocenters. The number of aromatic nitrogens is 6. The fourth-order valence-corrected chi connectivity index (χ4v) is 3.69. The Morgan fingerprint density at radius 1 is 1.23 bits per heavy atom. The topological polar surface area (TPSA) is 160 Å². The smallest absolute Gasteiger partial charge is 0.326 e. The summed E-state index contributed by atoms with van der Waals surface area (Å²) >= 11 is 0. The standard InChI is InChI=1S/C19H21N9O2/c20-8-10-1-3-12(4-2-10)22-17-25-15-11(7-14-16(29)26-19(30)24-14)9-21-28(15)18(27-17)23-13-5-6-13/h7,9-10,12-13,29H,1-6H2,(H,22,23,27)(H2,24,26,30)/b11-7-. The van der Waals surface area contributed by atoms with Gasteiger partial charge in [0.1, 0.15) is 5.69 Å². The van der Waals surface area contributed by atoms with E-state index in [4.69, 9.17) is 5.26 Å². The highest BCUT2D eigenvalue weighted by Gasteiger charge is 2.23. The maximum Gasteiger partial charge on any atom is 0.326 e. The molecule has 3 aromatic rings. The van der Waals surface area contributed by atoms with Crippen molar-refractivity contribution in [2.45, 2.75) is 50.6 Å². The van der Waals surface area contributed by atoms with Crippen molar-refractivity contribution in [3.8, 4) is 11.9 Å². The Morgan fingerprint density at radius 2 is 2.03 bits per heavy atom. The Hall–Kier alpha value is -3.68. The molecule has 30 heavy (non-hydrogen) atoms. The van der Waals surface area contributed by atoms with Crippen molar-refractivity contribution in [1.82, 2.24) is 29.5 Å². The molecule has 3 aromatic heterocycles. The van der Waals surface area contributed by atoms with Crippen LogP contribution < -0.4 is 21.8 Å². The van der Waals surface area contributed by atoms with Crippen molar-refractivity contribution in [2.24, 2.45) is 10.9 Å². The molecule has 3 heterocycles. The summed E-state index contributed by atoms with van der Waals surface area (Å²) in [6.45, 7) is 0. The molecule has 0 aliphatic heterocycles. The summed E-state index contributed by atoms with van der Waals surface area (Å²) in [5.41, 5.74) is 0.754. The van der Waals surface area contributed by atoms with Crippen LogP contribution >= 0.6 is 0 Å². The van der Waals surface area contributed by atoms with Crippen molar-refractivity contribution >= 4 is 17.7 Å². The minimum Gasteiger partial charge on any atom is -0.493 e. The second kappa shape index (κ2) is 7.29. The van der Waals surface area contributed by atoms with Gasteiger partial charge in [0, 0.05) is 17.2 Å². The van der Waals surface area contributed by atoms with Crippen LogP contribution in [-0.2, 0) is 0 Å². The Balaban J connectivity index is 1.56. The number of hydrogen-bond donors (Lipinski definition) is 4. The number of fused-ring (bicyclic) bond motifs is 1. The fraction of sp³-hybridized carbons (Fsp3) is 0.474. The number of H-pyrrole nitrogens is 2. The molecular weight excluding hydrogens is 386 g/mol. The molecule has 2 aliphatic carbocycles.